The molecule has 28 heavy (non-hydrogen) atoms. The molecule has 0 bridgehead atoms. The Hall–Kier alpha value is -2.57. The van der Waals surface area contributed by atoms with Crippen LogP contribution in [0.1, 0.15) is 45.4 Å². The van der Waals surface area contributed by atoms with Crippen molar-refractivity contribution >= 4 is 22.9 Å². The van der Waals surface area contributed by atoms with Crippen LogP contribution < -0.4 is 5.69 Å². The third-order valence-electron chi connectivity index (χ3n) is 5.56. The van der Waals surface area contributed by atoms with Gasteiger partial charge in [0.15, 0.2) is 0 Å². The molecule has 0 radical (unpaired) electrons. The van der Waals surface area contributed by atoms with E-state index in [9.17, 15) is 14.4 Å². The smallest absolute Gasteiger partial charge is 0.329 e. The zero-order chi connectivity index (χ0) is 20.1. The zero-order valence-corrected chi connectivity index (χ0v) is 16.5. The number of carboxylic acid groups (broad SMARTS) is 1. The Morgan fingerprint density at radius 1 is 1.11 bits per heavy atom. The molecule has 1 fully saturated rings. The summed E-state index contributed by atoms with van der Waals surface area (Å²) in [7, 11) is 0. The monoisotopic (exact) mass is 387 g/mol. The van der Waals surface area contributed by atoms with Gasteiger partial charge in [-0.2, -0.15) is 0 Å². The molecule has 1 saturated heterocycles. The molecule has 2 aromatic rings. The number of carbonyl (C=O) groups is 2. The van der Waals surface area contributed by atoms with Gasteiger partial charge in [0, 0.05) is 39.0 Å². The van der Waals surface area contributed by atoms with Gasteiger partial charge in [0.2, 0.25) is 5.91 Å². The Bertz CT molecular complexity index is 899. The van der Waals surface area contributed by atoms with Gasteiger partial charge in [0.25, 0.3) is 0 Å². The summed E-state index contributed by atoms with van der Waals surface area (Å²) in [5.41, 5.74) is 1.72. The van der Waals surface area contributed by atoms with E-state index >= 15 is 0 Å². The Labute approximate surface area is 164 Å². The van der Waals surface area contributed by atoms with Crippen LogP contribution in [0.3, 0.4) is 0 Å². The summed E-state index contributed by atoms with van der Waals surface area (Å²) in [6.07, 6.45) is 3.80. The molecule has 1 amide bonds. The van der Waals surface area contributed by atoms with Crippen LogP contribution in [-0.2, 0) is 22.7 Å². The van der Waals surface area contributed by atoms with Crippen LogP contribution in [0, 0.1) is 5.92 Å². The predicted octanol–water partition coefficient (Wildman–Crippen LogP) is 2.71. The first-order valence-electron chi connectivity index (χ1n) is 10.2. The average Bonchev–Trinajstić information content (AvgIpc) is 2.96. The number of carbonyl (C=O) groups excluding carboxylic acids is 1. The standard InChI is InChI=1S/C21H29N3O4/c1-2-12-23-17-7-3-4-8-18(17)24(21(23)28)14-11-19(25)22-13-5-6-16(15-22)9-10-20(26)27/h3-4,7-8,16H,2,5-6,9-15H2,1H3,(H,26,27)/t16-/m1/s1. The predicted molar refractivity (Wildman–Crippen MR) is 107 cm³/mol. The number of para-hydroxylation sites is 2. The van der Waals surface area contributed by atoms with Gasteiger partial charge in [0.05, 0.1) is 11.0 Å². The van der Waals surface area contributed by atoms with Crippen molar-refractivity contribution < 1.29 is 14.7 Å². The highest BCUT2D eigenvalue weighted by molar-refractivity contribution is 5.78. The summed E-state index contributed by atoms with van der Waals surface area (Å²) in [6.45, 7) is 4.41. The minimum absolute atomic E-state index is 0.0410. The molecule has 0 aliphatic carbocycles. The largest absolute Gasteiger partial charge is 0.481 e. The van der Waals surface area contributed by atoms with E-state index < -0.39 is 5.97 Å². The van der Waals surface area contributed by atoms with Crippen molar-refractivity contribution in [1.29, 1.82) is 0 Å². The van der Waals surface area contributed by atoms with E-state index in [1.54, 1.807) is 9.13 Å². The van der Waals surface area contributed by atoms with Gasteiger partial charge in [-0.05, 0) is 43.7 Å². The number of piperidine rings is 1. The molecular formula is C21H29N3O4. The fourth-order valence-corrected chi connectivity index (χ4v) is 4.15. The second kappa shape index (κ2) is 9.08. The summed E-state index contributed by atoms with van der Waals surface area (Å²) >= 11 is 0. The molecule has 7 heteroatoms. The molecule has 3 rings (SSSR count). The molecule has 1 aromatic carbocycles. The third-order valence-corrected chi connectivity index (χ3v) is 5.56. The van der Waals surface area contributed by atoms with Crippen LogP contribution in [-0.4, -0.2) is 44.1 Å². The molecule has 0 saturated carbocycles. The number of hydrogen-bond donors (Lipinski definition) is 1. The lowest BCUT2D eigenvalue weighted by Gasteiger charge is -2.32. The molecule has 152 valence electrons. The molecule has 1 atom stereocenters. The van der Waals surface area contributed by atoms with Crippen LogP contribution in [0.25, 0.3) is 11.0 Å². The number of aromatic nitrogens is 2. The number of nitrogens with zero attached hydrogens (tertiary/aromatic N) is 3. The Morgan fingerprint density at radius 2 is 1.79 bits per heavy atom. The van der Waals surface area contributed by atoms with Crippen LogP contribution >= 0.6 is 0 Å². The first kappa shape index (κ1) is 20.2. The summed E-state index contributed by atoms with van der Waals surface area (Å²) in [6, 6.07) is 7.71. The first-order chi connectivity index (χ1) is 13.5. The van der Waals surface area contributed by atoms with Gasteiger partial charge in [-0.1, -0.05) is 19.1 Å². The van der Waals surface area contributed by atoms with E-state index in [0.717, 1.165) is 36.8 Å². The van der Waals surface area contributed by atoms with E-state index in [1.165, 1.54) is 0 Å². The fourth-order valence-electron chi connectivity index (χ4n) is 4.15. The van der Waals surface area contributed by atoms with Crippen LogP contribution in [0.4, 0.5) is 0 Å². The maximum atomic E-state index is 12.8. The molecule has 1 N–H and O–H groups in total. The van der Waals surface area contributed by atoms with Crippen molar-refractivity contribution in [2.24, 2.45) is 5.92 Å². The first-order valence-corrected chi connectivity index (χ1v) is 10.2. The number of carboxylic acids is 1. The van der Waals surface area contributed by atoms with E-state index in [-0.39, 0.29) is 30.4 Å². The number of rotatable bonds is 8. The lowest BCUT2D eigenvalue weighted by molar-refractivity contribution is -0.137. The molecule has 1 aromatic heterocycles. The molecule has 1 aliphatic rings. The zero-order valence-electron chi connectivity index (χ0n) is 16.5. The lowest BCUT2D eigenvalue weighted by atomic mass is 9.93. The van der Waals surface area contributed by atoms with Crippen molar-refractivity contribution in [3.8, 4) is 0 Å². The van der Waals surface area contributed by atoms with Gasteiger partial charge < -0.3 is 10.0 Å². The van der Waals surface area contributed by atoms with E-state index in [2.05, 4.69) is 0 Å². The quantitative estimate of drug-likeness (QED) is 0.755. The van der Waals surface area contributed by atoms with E-state index in [0.29, 0.717) is 26.1 Å². The summed E-state index contributed by atoms with van der Waals surface area (Å²) < 4.78 is 3.48. The van der Waals surface area contributed by atoms with Crippen LogP contribution in [0.2, 0.25) is 0 Å². The minimum atomic E-state index is -0.786. The van der Waals surface area contributed by atoms with Gasteiger partial charge in [-0.15, -0.1) is 0 Å². The van der Waals surface area contributed by atoms with Crippen molar-refractivity contribution in [2.45, 2.75) is 58.5 Å². The van der Waals surface area contributed by atoms with Gasteiger partial charge in [-0.3, -0.25) is 18.7 Å². The average molecular weight is 387 g/mol. The van der Waals surface area contributed by atoms with Gasteiger partial charge in [-0.25, -0.2) is 4.79 Å². The number of amides is 1. The maximum Gasteiger partial charge on any atom is 0.329 e. The van der Waals surface area contributed by atoms with Gasteiger partial charge in [0.1, 0.15) is 0 Å². The molecule has 0 unspecified atom stereocenters. The highest BCUT2D eigenvalue weighted by Gasteiger charge is 2.24. The number of aliphatic carboxylic acids is 1. The molecule has 0 spiro atoms. The normalized spacial score (nSPS) is 17.2. The summed E-state index contributed by atoms with van der Waals surface area (Å²) in [4.78, 5) is 38.2. The van der Waals surface area contributed by atoms with Crippen LogP contribution in [0.15, 0.2) is 29.1 Å². The summed E-state index contributed by atoms with van der Waals surface area (Å²) in [5.74, 6) is -0.492. The van der Waals surface area contributed by atoms with Crippen molar-refractivity contribution in [3.63, 3.8) is 0 Å². The Kier molecular flexibility index (Phi) is 6.54. The second-order valence-corrected chi connectivity index (χ2v) is 7.60. The topological polar surface area (TPSA) is 84.5 Å². The SMILES string of the molecule is CCCn1c(=O)n(CCC(=O)N2CCC[C@H](CCC(=O)O)C2)c2ccccc21. The number of benzene rings is 1. The molecule has 7 nitrogen and oxygen atoms in total. The van der Waals surface area contributed by atoms with Crippen molar-refractivity contribution in [3.05, 3.63) is 34.7 Å². The lowest BCUT2D eigenvalue weighted by Crippen LogP contribution is -2.40. The number of imidazole rings is 1. The molecular weight excluding hydrogens is 358 g/mol. The van der Waals surface area contributed by atoms with Crippen molar-refractivity contribution in [1.82, 2.24) is 14.0 Å². The highest BCUT2D eigenvalue weighted by Crippen LogP contribution is 2.22. The van der Waals surface area contributed by atoms with Crippen LogP contribution in [0.5, 0.6) is 0 Å². The fraction of sp³-hybridized carbons (Fsp3) is 0.571. The Balaban J connectivity index is 1.67. The highest BCUT2D eigenvalue weighted by atomic mass is 16.4. The second-order valence-electron chi connectivity index (χ2n) is 7.60. The number of hydrogen-bond acceptors (Lipinski definition) is 3. The van der Waals surface area contributed by atoms with E-state index in [4.69, 9.17) is 5.11 Å². The number of fused-ring (bicyclic) bond motifs is 1. The Morgan fingerprint density at radius 3 is 2.43 bits per heavy atom. The third kappa shape index (κ3) is 4.46. The molecule has 1 aliphatic heterocycles. The van der Waals surface area contributed by atoms with Gasteiger partial charge >= 0.3 is 11.7 Å². The maximum absolute atomic E-state index is 12.8. The van der Waals surface area contributed by atoms with E-state index in [1.807, 2.05) is 36.1 Å². The molecule has 2 heterocycles. The number of likely N-dealkylation sites (tertiary alicyclic amines) is 1. The van der Waals surface area contributed by atoms with Crippen molar-refractivity contribution in [2.75, 3.05) is 13.1 Å². The summed E-state index contributed by atoms with van der Waals surface area (Å²) in [5, 5.41) is 8.87. The number of aryl methyl sites for hydroxylation is 2. The minimum Gasteiger partial charge on any atom is -0.481 e.